The second-order valence-corrected chi connectivity index (χ2v) is 7.66. The summed E-state index contributed by atoms with van der Waals surface area (Å²) in [5, 5.41) is 0.517. The third kappa shape index (κ3) is 4.68. The average molecular weight is 443 g/mol. The standard InChI is InChI=1S/C23H23ClN2O5/c1-29-23(28)22(17-4-2-3-5-18(17)24)26-12-10-25(11-13-26)21(27)9-7-16-6-8-19-20(14-16)31-15-30-19/h2-9,14,22H,10-13,15H2,1H3/b9-7+/t22-/m1/s1. The Kier molecular flexibility index (Phi) is 6.44. The van der Waals surface area contributed by atoms with Gasteiger partial charge in [-0.2, -0.15) is 0 Å². The first kappa shape index (κ1) is 21.2. The van der Waals surface area contributed by atoms with E-state index in [-0.39, 0.29) is 18.7 Å². The molecular weight excluding hydrogens is 420 g/mol. The maximum Gasteiger partial charge on any atom is 0.327 e. The number of hydrogen-bond acceptors (Lipinski definition) is 6. The van der Waals surface area contributed by atoms with Gasteiger partial charge in [0.25, 0.3) is 0 Å². The van der Waals surface area contributed by atoms with Crippen molar-refractivity contribution in [3.05, 3.63) is 64.7 Å². The summed E-state index contributed by atoms with van der Waals surface area (Å²) in [6.07, 6.45) is 3.32. The van der Waals surface area contributed by atoms with Gasteiger partial charge >= 0.3 is 5.97 Å². The van der Waals surface area contributed by atoms with Crippen LogP contribution in [0.1, 0.15) is 17.2 Å². The van der Waals surface area contributed by atoms with Gasteiger partial charge < -0.3 is 19.1 Å². The van der Waals surface area contributed by atoms with Gasteiger partial charge in [-0.1, -0.05) is 35.9 Å². The zero-order valence-corrected chi connectivity index (χ0v) is 17.9. The third-order valence-corrected chi connectivity index (χ3v) is 5.77. The summed E-state index contributed by atoms with van der Waals surface area (Å²) in [4.78, 5) is 28.9. The Morgan fingerprint density at radius 3 is 2.55 bits per heavy atom. The first-order valence-electron chi connectivity index (χ1n) is 10.00. The fourth-order valence-corrected chi connectivity index (χ4v) is 4.01. The van der Waals surface area contributed by atoms with Gasteiger partial charge in [0.15, 0.2) is 11.5 Å². The molecule has 1 atom stereocenters. The molecule has 0 saturated carbocycles. The van der Waals surface area contributed by atoms with E-state index in [0.717, 1.165) is 5.56 Å². The van der Waals surface area contributed by atoms with Crippen molar-refractivity contribution >= 4 is 29.6 Å². The molecule has 2 aliphatic heterocycles. The van der Waals surface area contributed by atoms with Gasteiger partial charge in [0.1, 0.15) is 6.04 Å². The number of rotatable bonds is 5. The molecule has 0 bridgehead atoms. The smallest absolute Gasteiger partial charge is 0.327 e. The monoisotopic (exact) mass is 442 g/mol. The number of fused-ring (bicyclic) bond motifs is 1. The molecule has 31 heavy (non-hydrogen) atoms. The lowest BCUT2D eigenvalue weighted by Crippen LogP contribution is -2.50. The second-order valence-electron chi connectivity index (χ2n) is 7.25. The first-order valence-corrected chi connectivity index (χ1v) is 10.4. The molecule has 1 saturated heterocycles. The van der Waals surface area contributed by atoms with Crippen LogP contribution in [0, 0.1) is 0 Å². The van der Waals surface area contributed by atoms with Gasteiger partial charge in [0.2, 0.25) is 12.7 Å². The van der Waals surface area contributed by atoms with Gasteiger partial charge in [0.05, 0.1) is 7.11 Å². The Hall–Kier alpha value is -3.03. The number of amides is 1. The Morgan fingerprint density at radius 2 is 1.81 bits per heavy atom. The van der Waals surface area contributed by atoms with E-state index >= 15 is 0 Å². The molecule has 0 N–H and O–H groups in total. The van der Waals surface area contributed by atoms with Gasteiger partial charge in [-0.15, -0.1) is 0 Å². The minimum absolute atomic E-state index is 0.0790. The van der Waals surface area contributed by atoms with E-state index in [1.165, 1.54) is 7.11 Å². The Labute approximate surface area is 185 Å². The van der Waals surface area contributed by atoms with E-state index < -0.39 is 6.04 Å². The van der Waals surface area contributed by atoms with Gasteiger partial charge in [-0.25, -0.2) is 4.79 Å². The normalized spacial score (nSPS) is 17.0. The van der Waals surface area contributed by atoms with Gasteiger partial charge in [-0.05, 0) is 35.4 Å². The molecule has 0 spiro atoms. The second kappa shape index (κ2) is 9.41. The van der Waals surface area contributed by atoms with Gasteiger partial charge in [0, 0.05) is 37.3 Å². The summed E-state index contributed by atoms with van der Waals surface area (Å²) >= 11 is 6.33. The van der Waals surface area contributed by atoms with Crippen molar-refractivity contribution in [2.45, 2.75) is 6.04 Å². The van der Waals surface area contributed by atoms with Crippen molar-refractivity contribution < 1.29 is 23.8 Å². The molecule has 0 aromatic heterocycles. The van der Waals surface area contributed by atoms with Crippen LogP contribution in [0.25, 0.3) is 6.08 Å². The Morgan fingerprint density at radius 1 is 1.06 bits per heavy atom. The Balaban J connectivity index is 1.39. The molecule has 2 aromatic carbocycles. The van der Waals surface area contributed by atoms with Crippen LogP contribution in [0.15, 0.2) is 48.5 Å². The maximum absolute atomic E-state index is 12.6. The predicted molar refractivity (Wildman–Crippen MR) is 116 cm³/mol. The minimum Gasteiger partial charge on any atom is -0.468 e. The fraction of sp³-hybridized carbons (Fsp3) is 0.304. The van der Waals surface area contributed by atoms with Crippen LogP contribution in [0.2, 0.25) is 5.02 Å². The molecule has 2 heterocycles. The maximum atomic E-state index is 12.6. The zero-order chi connectivity index (χ0) is 21.8. The number of esters is 1. The molecule has 0 aliphatic carbocycles. The fourth-order valence-electron chi connectivity index (χ4n) is 3.77. The number of piperazine rings is 1. The number of hydrogen-bond donors (Lipinski definition) is 0. The molecule has 0 unspecified atom stereocenters. The molecule has 1 amide bonds. The molecule has 7 nitrogen and oxygen atoms in total. The average Bonchev–Trinajstić information content (AvgIpc) is 3.27. The lowest BCUT2D eigenvalue weighted by atomic mass is 10.0. The van der Waals surface area contributed by atoms with E-state index in [0.29, 0.717) is 48.3 Å². The van der Waals surface area contributed by atoms with Crippen LogP contribution < -0.4 is 9.47 Å². The molecule has 4 rings (SSSR count). The first-order chi connectivity index (χ1) is 15.1. The summed E-state index contributed by atoms with van der Waals surface area (Å²) < 4.78 is 15.7. The van der Waals surface area contributed by atoms with Crippen molar-refractivity contribution in [3.8, 4) is 11.5 Å². The largest absolute Gasteiger partial charge is 0.468 e. The molecule has 2 aliphatic rings. The number of carbonyl (C=O) groups excluding carboxylic acids is 2. The number of benzene rings is 2. The van der Waals surface area contributed by atoms with E-state index in [1.54, 1.807) is 23.1 Å². The van der Waals surface area contributed by atoms with Crippen molar-refractivity contribution in [2.75, 3.05) is 40.1 Å². The molecule has 8 heteroatoms. The number of nitrogens with zero attached hydrogens (tertiary/aromatic N) is 2. The lowest BCUT2D eigenvalue weighted by molar-refractivity contribution is -0.148. The van der Waals surface area contributed by atoms with E-state index in [2.05, 4.69) is 0 Å². The summed E-state index contributed by atoms with van der Waals surface area (Å²) in [6, 6.07) is 12.2. The SMILES string of the molecule is COC(=O)[C@@H](c1ccccc1Cl)N1CCN(C(=O)/C=C/c2ccc3c(c2)OCO3)CC1. The van der Waals surface area contributed by atoms with Crippen molar-refractivity contribution in [1.29, 1.82) is 0 Å². The van der Waals surface area contributed by atoms with Crippen molar-refractivity contribution in [2.24, 2.45) is 0 Å². The van der Waals surface area contributed by atoms with E-state index in [4.69, 9.17) is 25.8 Å². The predicted octanol–water partition coefficient (Wildman–Crippen LogP) is 3.14. The van der Waals surface area contributed by atoms with Crippen LogP contribution in [0.3, 0.4) is 0 Å². The summed E-state index contributed by atoms with van der Waals surface area (Å²) in [5.41, 5.74) is 1.57. The van der Waals surface area contributed by atoms with Crippen molar-refractivity contribution in [1.82, 2.24) is 9.80 Å². The van der Waals surface area contributed by atoms with Crippen LogP contribution >= 0.6 is 11.6 Å². The highest BCUT2D eigenvalue weighted by Crippen LogP contribution is 2.33. The molecule has 2 aromatic rings. The van der Waals surface area contributed by atoms with Crippen molar-refractivity contribution in [3.63, 3.8) is 0 Å². The Bertz CT molecular complexity index is 1000. The summed E-state index contributed by atoms with van der Waals surface area (Å²) in [5.74, 6) is 0.940. The molecular formula is C23H23ClN2O5. The molecule has 0 radical (unpaired) electrons. The quantitative estimate of drug-likeness (QED) is 0.523. The number of ether oxygens (including phenoxy) is 3. The number of halogens is 1. The highest BCUT2D eigenvalue weighted by molar-refractivity contribution is 6.31. The lowest BCUT2D eigenvalue weighted by Gasteiger charge is -2.38. The van der Waals surface area contributed by atoms with Crippen LogP contribution in [-0.4, -0.2) is 61.8 Å². The highest BCUT2D eigenvalue weighted by Gasteiger charge is 2.33. The number of carbonyl (C=O) groups is 2. The van der Waals surface area contributed by atoms with Crippen LogP contribution in [0.5, 0.6) is 11.5 Å². The van der Waals surface area contributed by atoms with E-state index in [1.807, 2.05) is 41.3 Å². The molecule has 162 valence electrons. The topological polar surface area (TPSA) is 68.3 Å². The zero-order valence-electron chi connectivity index (χ0n) is 17.1. The van der Waals surface area contributed by atoms with E-state index in [9.17, 15) is 9.59 Å². The minimum atomic E-state index is -0.597. The van der Waals surface area contributed by atoms with Crippen LogP contribution in [-0.2, 0) is 14.3 Å². The van der Waals surface area contributed by atoms with Crippen LogP contribution in [0.4, 0.5) is 0 Å². The third-order valence-electron chi connectivity index (χ3n) is 5.43. The summed E-state index contributed by atoms with van der Waals surface area (Å²) in [7, 11) is 1.37. The summed E-state index contributed by atoms with van der Waals surface area (Å²) in [6.45, 7) is 2.29. The highest BCUT2D eigenvalue weighted by atomic mass is 35.5. The number of methoxy groups -OCH3 is 1. The molecule has 1 fully saturated rings. The van der Waals surface area contributed by atoms with Gasteiger partial charge in [-0.3, -0.25) is 9.69 Å².